The molecule has 166 valence electrons. The summed E-state index contributed by atoms with van der Waals surface area (Å²) >= 11 is 0. The lowest BCUT2D eigenvalue weighted by molar-refractivity contribution is 0.0963. The monoisotopic (exact) mass is 421 g/mol. The number of hydrogen-bond acceptors (Lipinski definition) is 3. The Hall–Kier alpha value is -2.86. The van der Waals surface area contributed by atoms with Gasteiger partial charge in [0.15, 0.2) is 5.96 Å². The zero-order valence-electron chi connectivity index (χ0n) is 18.8. The van der Waals surface area contributed by atoms with Crippen molar-refractivity contribution in [1.82, 2.24) is 20.9 Å². The highest BCUT2D eigenvalue weighted by atomic mass is 16.1. The predicted octanol–water partition coefficient (Wildman–Crippen LogP) is 2.94. The van der Waals surface area contributed by atoms with Crippen molar-refractivity contribution in [3.05, 3.63) is 70.8 Å². The molecule has 3 N–H and O–H groups in total. The zero-order chi connectivity index (χ0) is 21.9. The van der Waals surface area contributed by atoms with E-state index in [2.05, 4.69) is 50.1 Å². The minimum atomic E-state index is -0.0597. The Morgan fingerprint density at radius 3 is 2.52 bits per heavy atom. The van der Waals surface area contributed by atoms with E-state index in [9.17, 15) is 4.79 Å². The van der Waals surface area contributed by atoms with Crippen molar-refractivity contribution in [3.8, 4) is 0 Å². The molecule has 1 saturated heterocycles. The number of rotatable bonds is 8. The molecule has 1 aliphatic rings. The van der Waals surface area contributed by atoms with Gasteiger partial charge in [-0.3, -0.25) is 14.7 Å². The molecule has 2 aromatic carbocycles. The van der Waals surface area contributed by atoms with Gasteiger partial charge in [0.25, 0.3) is 5.91 Å². The van der Waals surface area contributed by atoms with Gasteiger partial charge in [-0.05, 0) is 61.2 Å². The molecular weight excluding hydrogens is 386 g/mol. The average molecular weight is 422 g/mol. The summed E-state index contributed by atoms with van der Waals surface area (Å²) in [5, 5.41) is 9.49. The average Bonchev–Trinajstić information content (AvgIpc) is 2.82. The number of benzene rings is 2. The van der Waals surface area contributed by atoms with Crippen LogP contribution in [0.3, 0.4) is 0 Å². The largest absolute Gasteiger partial charge is 0.356 e. The van der Waals surface area contributed by atoms with Crippen molar-refractivity contribution in [2.75, 3.05) is 33.7 Å². The molecule has 0 atom stereocenters. The summed E-state index contributed by atoms with van der Waals surface area (Å²) < 4.78 is 0. The number of piperidine rings is 1. The van der Waals surface area contributed by atoms with Gasteiger partial charge in [0, 0.05) is 39.3 Å². The van der Waals surface area contributed by atoms with Gasteiger partial charge in [0.2, 0.25) is 0 Å². The number of amides is 1. The highest BCUT2D eigenvalue weighted by molar-refractivity contribution is 5.94. The second kappa shape index (κ2) is 12.1. The first-order valence-electron chi connectivity index (χ1n) is 11.2. The number of carbonyl (C=O) groups is 1. The first kappa shape index (κ1) is 22.8. The van der Waals surface area contributed by atoms with E-state index >= 15 is 0 Å². The molecule has 0 aliphatic carbocycles. The molecule has 1 aliphatic heterocycles. The molecule has 6 nitrogen and oxygen atoms in total. The van der Waals surface area contributed by atoms with Gasteiger partial charge < -0.3 is 16.0 Å². The standard InChI is InChI=1S/C25H35N5O/c1-26-24(31)21-12-8-9-20(17-21)13-14-28-25(27-2)29-18-22-10-4-5-11-23(22)19-30-15-6-3-7-16-30/h4-5,8-12,17H,3,6-7,13-16,18-19H2,1-2H3,(H,26,31)(H2,27,28,29). The van der Waals surface area contributed by atoms with Crippen LogP contribution < -0.4 is 16.0 Å². The first-order chi connectivity index (χ1) is 15.2. The van der Waals surface area contributed by atoms with E-state index < -0.39 is 0 Å². The van der Waals surface area contributed by atoms with Crippen LogP contribution in [0.15, 0.2) is 53.5 Å². The van der Waals surface area contributed by atoms with Crippen LogP contribution >= 0.6 is 0 Å². The summed E-state index contributed by atoms with van der Waals surface area (Å²) in [6, 6.07) is 16.4. The summed E-state index contributed by atoms with van der Waals surface area (Å²) in [5.41, 5.74) is 4.51. The molecule has 31 heavy (non-hydrogen) atoms. The Morgan fingerprint density at radius 1 is 1.00 bits per heavy atom. The third-order valence-corrected chi connectivity index (χ3v) is 5.75. The van der Waals surface area contributed by atoms with Crippen LogP contribution in [0.4, 0.5) is 0 Å². The fraction of sp³-hybridized carbons (Fsp3) is 0.440. The van der Waals surface area contributed by atoms with Crippen LogP contribution in [0.2, 0.25) is 0 Å². The zero-order valence-corrected chi connectivity index (χ0v) is 18.8. The van der Waals surface area contributed by atoms with Crippen molar-refractivity contribution < 1.29 is 4.79 Å². The molecule has 0 saturated carbocycles. The molecule has 1 fully saturated rings. The van der Waals surface area contributed by atoms with Crippen molar-refractivity contribution in [2.45, 2.75) is 38.8 Å². The van der Waals surface area contributed by atoms with Crippen LogP contribution in [-0.2, 0) is 19.5 Å². The molecule has 0 unspecified atom stereocenters. The second-order valence-electron chi connectivity index (χ2n) is 7.99. The van der Waals surface area contributed by atoms with Crippen molar-refractivity contribution in [2.24, 2.45) is 4.99 Å². The predicted molar refractivity (Wildman–Crippen MR) is 127 cm³/mol. The van der Waals surface area contributed by atoms with E-state index in [1.54, 1.807) is 14.1 Å². The fourth-order valence-corrected chi connectivity index (χ4v) is 3.98. The van der Waals surface area contributed by atoms with Gasteiger partial charge >= 0.3 is 0 Å². The molecule has 2 aromatic rings. The molecular formula is C25H35N5O. The maximum absolute atomic E-state index is 11.8. The minimum Gasteiger partial charge on any atom is -0.356 e. The molecule has 0 spiro atoms. The van der Waals surface area contributed by atoms with Crippen LogP contribution in [0.5, 0.6) is 0 Å². The smallest absolute Gasteiger partial charge is 0.251 e. The highest BCUT2D eigenvalue weighted by Crippen LogP contribution is 2.16. The Kier molecular flexibility index (Phi) is 8.91. The van der Waals surface area contributed by atoms with E-state index in [0.717, 1.165) is 37.6 Å². The normalized spacial score (nSPS) is 14.8. The number of guanidine groups is 1. The summed E-state index contributed by atoms with van der Waals surface area (Å²) in [7, 11) is 3.44. The minimum absolute atomic E-state index is 0.0597. The third-order valence-electron chi connectivity index (χ3n) is 5.75. The van der Waals surface area contributed by atoms with Gasteiger partial charge in [0.05, 0.1) is 0 Å². The summed E-state index contributed by atoms with van der Waals surface area (Å²) in [6.45, 7) is 4.91. The maximum atomic E-state index is 11.8. The number of likely N-dealkylation sites (tertiary alicyclic amines) is 1. The van der Waals surface area contributed by atoms with E-state index in [1.807, 2.05) is 24.3 Å². The molecule has 1 heterocycles. The van der Waals surface area contributed by atoms with E-state index in [0.29, 0.717) is 5.56 Å². The number of aliphatic imine (C=N–C) groups is 1. The first-order valence-corrected chi connectivity index (χ1v) is 11.2. The van der Waals surface area contributed by atoms with Crippen LogP contribution in [0.1, 0.15) is 46.3 Å². The number of nitrogens with zero attached hydrogens (tertiary/aromatic N) is 2. The van der Waals surface area contributed by atoms with E-state index in [1.165, 1.54) is 43.5 Å². The van der Waals surface area contributed by atoms with Gasteiger partial charge in [-0.2, -0.15) is 0 Å². The number of nitrogens with one attached hydrogen (secondary N) is 3. The SMILES string of the molecule is CN=C(NCCc1cccc(C(=O)NC)c1)NCc1ccccc1CN1CCCCC1. The van der Waals surface area contributed by atoms with Gasteiger partial charge in [-0.25, -0.2) is 0 Å². The molecule has 0 aromatic heterocycles. The summed E-state index contributed by atoms with van der Waals surface area (Å²) in [5.74, 6) is 0.728. The fourth-order valence-electron chi connectivity index (χ4n) is 3.98. The quantitative estimate of drug-likeness (QED) is 0.453. The van der Waals surface area contributed by atoms with Gasteiger partial charge in [-0.15, -0.1) is 0 Å². The second-order valence-corrected chi connectivity index (χ2v) is 7.99. The van der Waals surface area contributed by atoms with Crippen LogP contribution in [0, 0.1) is 0 Å². The van der Waals surface area contributed by atoms with Crippen LogP contribution in [-0.4, -0.2) is 50.5 Å². The van der Waals surface area contributed by atoms with Crippen molar-refractivity contribution in [3.63, 3.8) is 0 Å². The van der Waals surface area contributed by atoms with Gasteiger partial charge in [-0.1, -0.05) is 42.8 Å². The summed E-state index contributed by atoms with van der Waals surface area (Å²) in [6.07, 6.45) is 4.79. The lowest BCUT2D eigenvalue weighted by Crippen LogP contribution is -2.38. The third kappa shape index (κ3) is 7.10. The molecule has 1 amide bonds. The van der Waals surface area contributed by atoms with Crippen LogP contribution in [0.25, 0.3) is 0 Å². The number of carbonyl (C=O) groups excluding carboxylic acids is 1. The highest BCUT2D eigenvalue weighted by Gasteiger charge is 2.12. The molecule has 6 heteroatoms. The van der Waals surface area contributed by atoms with E-state index in [4.69, 9.17) is 0 Å². The Balaban J connectivity index is 1.49. The lowest BCUT2D eigenvalue weighted by atomic mass is 10.0. The van der Waals surface area contributed by atoms with Gasteiger partial charge in [0.1, 0.15) is 0 Å². The number of hydrogen-bond donors (Lipinski definition) is 3. The Morgan fingerprint density at radius 2 is 1.77 bits per heavy atom. The topological polar surface area (TPSA) is 68.8 Å². The maximum Gasteiger partial charge on any atom is 0.251 e. The van der Waals surface area contributed by atoms with Crippen molar-refractivity contribution in [1.29, 1.82) is 0 Å². The lowest BCUT2D eigenvalue weighted by Gasteiger charge is -2.27. The molecule has 3 rings (SSSR count). The molecule has 0 bridgehead atoms. The summed E-state index contributed by atoms with van der Waals surface area (Å²) in [4.78, 5) is 18.7. The Bertz CT molecular complexity index is 874. The van der Waals surface area contributed by atoms with Crippen molar-refractivity contribution >= 4 is 11.9 Å². The Labute approximate surface area is 186 Å². The molecule has 0 radical (unpaired) electrons. The van der Waals surface area contributed by atoms with E-state index in [-0.39, 0.29) is 5.91 Å².